The minimum atomic E-state index is -0.143. The van der Waals surface area contributed by atoms with Gasteiger partial charge in [0.25, 0.3) is 0 Å². The van der Waals surface area contributed by atoms with E-state index in [2.05, 4.69) is 44.6 Å². The topological polar surface area (TPSA) is 74.5 Å². The van der Waals surface area contributed by atoms with Crippen LogP contribution >= 0.6 is 0 Å². The Morgan fingerprint density at radius 1 is 1.20 bits per heavy atom. The number of aryl methyl sites for hydroxylation is 1. The molecule has 2 amide bonds. The van der Waals surface area contributed by atoms with Gasteiger partial charge in [0.1, 0.15) is 0 Å². The summed E-state index contributed by atoms with van der Waals surface area (Å²) >= 11 is 0. The summed E-state index contributed by atoms with van der Waals surface area (Å²) in [5.41, 5.74) is 1.35. The quantitative estimate of drug-likeness (QED) is 0.923. The van der Waals surface area contributed by atoms with E-state index in [-0.39, 0.29) is 12.0 Å². The average Bonchev–Trinajstić information content (AvgIpc) is 3.30. The lowest BCUT2D eigenvalue weighted by Crippen LogP contribution is -2.36. The van der Waals surface area contributed by atoms with Gasteiger partial charge in [-0.15, -0.1) is 0 Å². The first-order chi connectivity index (χ1) is 12.2. The number of nitrogens with one attached hydrogen (secondary N) is 1. The Kier molecular flexibility index (Phi) is 4.40. The number of rotatable bonds is 4. The zero-order valence-corrected chi connectivity index (χ0v) is 14.4. The van der Waals surface area contributed by atoms with Crippen LogP contribution in [0.3, 0.4) is 0 Å². The fraction of sp³-hybridized carbons (Fsp3) is 0.500. The van der Waals surface area contributed by atoms with Gasteiger partial charge in [0.05, 0.1) is 0 Å². The highest BCUT2D eigenvalue weighted by molar-refractivity contribution is 5.87. The first-order valence-electron chi connectivity index (χ1n) is 8.86. The first kappa shape index (κ1) is 16.1. The highest BCUT2D eigenvalue weighted by atomic mass is 16.5. The van der Waals surface area contributed by atoms with E-state index in [0.717, 1.165) is 32.7 Å². The number of likely N-dealkylation sites (tertiary alicyclic amines) is 2. The molecule has 2 atom stereocenters. The van der Waals surface area contributed by atoms with Crippen molar-refractivity contribution >= 4 is 12.0 Å². The van der Waals surface area contributed by atoms with Crippen LogP contribution in [0.15, 0.2) is 34.9 Å². The van der Waals surface area contributed by atoms with Gasteiger partial charge >= 0.3 is 12.0 Å². The molecule has 0 aliphatic carbocycles. The fourth-order valence-electron chi connectivity index (χ4n) is 3.85. The number of amides is 2. The van der Waals surface area contributed by atoms with Crippen molar-refractivity contribution in [2.45, 2.75) is 19.9 Å². The predicted octanol–water partition coefficient (Wildman–Crippen LogP) is 2.23. The molecule has 4 rings (SSSR count). The second-order valence-electron chi connectivity index (χ2n) is 6.90. The minimum Gasteiger partial charge on any atom is -0.324 e. The van der Waals surface area contributed by atoms with E-state index < -0.39 is 0 Å². The summed E-state index contributed by atoms with van der Waals surface area (Å²) < 4.78 is 5.04. The molecule has 0 unspecified atom stereocenters. The Bertz CT molecular complexity index is 718. The number of carbonyl (C=O) groups is 1. The normalized spacial score (nSPS) is 23.0. The maximum absolute atomic E-state index is 12.4. The number of benzene rings is 1. The van der Waals surface area contributed by atoms with Crippen LogP contribution in [0.4, 0.5) is 10.8 Å². The van der Waals surface area contributed by atoms with E-state index in [1.165, 1.54) is 5.56 Å². The SMILES string of the molecule is CCc1noc(NC(=O)N2C[C@H]3CN(Cc4ccccc4)C[C@H]3C2)n1. The van der Waals surface area contributed by atoms with Gasteiger partial charge in [-0.1, -0.05) is 42.4 Å². The minimum absolute atomic E-state index is 0.143. The molecule has 1 aromatic carbocycles. The van der Waals surface area contributed by atoms with E-state index in [1.807, 2.05) is 17.9 Å². The number of hydrogen-bond donors (Lipinski definition) is 1. The molecule has 0 spiro atoms. The van der Waals surface area contributed by atoms with Crippen LogP contribution in [-0.2, 0) is 13.0 Å². The first-order valence-corrected chi connectivity index (χ1v) is 8.86. The van der Waals surface area contributed by atoms with Crippen molar-refractivity contribution < 1.29 is 9.32 Å². The van der Waals surface area contributed by atoms with Gasteiger partial charge in [0.2, 0.25) is 0 Å². The molecule has 0 bridgehead atoms. The summed E-state index contributed by atoms with van der Waals surface area (Å²) in [6.45, 7) is 6.60. The molecule has 3 heterocycles. The molecule has 1 aromatic heterocycles. The second kappa shape index (κ2) is 6.84. The third-order valence-corrected chi connectivity index (χ3v) is 5.10. The molecule has 0 saturated carbocycles. The lowest BCUT2D eigenvalue weighted by Gasteiger charge is -2.21. The van der Waals surface area contributed by atoms with Crippen molar-refractivity contribution in [3.63, 3.8) is 0 Å². The van der Waals surface area contributed by atoms with Crippen LogP contribution in [0.25, 0.3) is 0 Å². The molecule has 2 fully saturated rings. The van der Waals surface area contributed by atoms with Crippen molar-refractivity contribution in [1.82, 2.24) is 19.9 Å². The molecule has 2 saturated heterocycles. The number of nitrogens with zero attached hydrogens (tertiary/aromatic N) is 4. The molecule has 2 aliphatic rings. The molecule has 132 valence electrons. The van der Waals surface area contributed by atoms with Crippen molar-refractivity contribution in [2.75, 3.05) is 31.5 Å². The van der Waals surface area contributed by atoms with Crippen molar-refractivity contribution in [2.24, 2.45) is 11.8 Å². The van der Waals surface area contributed by atoms with Gasteiger partial charge in [0.15, 0.2) is 5.82 Å². The van der Waals surface area contributed by atoms with Crippen molar-refractivity contribution in [3.05, 3.63) is 41.7 Å². The van der Waals surface area contributed by atoms with Gasteiger partial charge in [-0.2, -0.15) is 4.98 Å². The Morgan fingerprint density at radius 2 is 1.92 bits per heavy atom. The summed E-state index contributed by atoms with van der Waals surface area (Å²) in [7, 11) is 0. The molecule has 7 heteroatoms. The van der Waals surface area contributed by atoms with Gasteiger partial charge in [0, 0.05) is 39.1 Å². The largest absolute Gasteiger partial charge is 0.329 e. The van der Waals surface area contributed by atoms with E-state index >= 15 is 0 Å². The summed E-state index contributed by atoms with van der Waals surface area (Å²) in [6.07, 6.45) is 0.685. The van der Waals surface area contributed by atoms with Crippen LogP contribution in [0.5, 0.6) is 0 Å². The molecule has 0 radical (unpaired) electrons. The third-order valence-electron chi connectivity index (χ3n) is 5.10. The smallest absolute Gasteiger partial charge is 0.324 e. The van der Waals surface area contributed by atoms with Gasteiger partial charge in [-0.3, -0.25) is 10.2 Å². The Hall–Kier alpha value is -2.41. The maximum atomic E-state index is 12.4. The highest BCUT2D eigenvalue weighted by Gasteiger charge is 2.41. The number of fused-ring (bicyclic) bond motifs is 1. The maximum Gasteiger partial charge on any atom is 0.329 e. The summed E-state index contributed by atoms with van der Waals surface area (Å²) in [4.78, 5) is 20.9. The van der Waals surface area contributed by atoms with E-state index in [4.69, 9.17) is 4.52 Å². The number of urea groups is 1. The lowest BCUT2D eigenvalue weighted by molar-refractivity contribution is 0.211. The third kappa shape index (κ3) is 3.51. The van der Waals surface area contributed by atoms with Gasteiger partial charge < -0.3 is 9.42 Å². The summed E-state index contributed by atoms with van der Waals surface area (Å²) in [5.74, 6) is 1.69. The standard InChI is InChI=1S/C18H23N5O2/c1-2-16-19-17(25-21-16)20-18(24)23-11-14-9-22(10-15(14)12-23)8-13-6-4-3-5-7-13/h3-7,14-15H,2,8-12H2,1H3,(H,19,20,21,24)/t14-,15+. The second-order valence-corrected chi connectivity index (χ2v) is 6.90. The molecule has 25 heavy (non-hydrogen) atoms. The Balaban J connectivity index is 1.29. The molecule has 2 aromatic rings. The number of carbonyl (C=O) groups excluding carboxylic acids is 1. The van der Waals surface area contributed by atoms with Crippen LogP contribution in [0.1, 0.15) is 18.3 Å². The Labute approximate surface area is 147 Å². The predicted molar refractivity (Wildman–Crippen MR) is 93.0 cm³/mol. The number of hydrogen-bond acceptors (Lipinski definition) is 5. The number of anilines is 1. The van der Waals surface area contributed by atoms with Crippen LogP contribution in [0.2, 0.25) is 0 Å². The molecular formula is C18H23N5O2. The molecule has 1 N–H and O–H groups in total. The molecular weight excluding hydrogens is 318 g/mol. The van der Waals surface area contributed by atoms with E-state index in [9.17, 15) is 4.79 Å². The van der Waals surface area contributed by atoms with Crippen LogP contribution < -0.4 is 5.32 Å². The van der Waals surface area contributed by atoms with Gasteiger partial charge in [-0.25, -0.2) is 4.79 Å². The van der Waals surface area contributed by atoms with Crippen molar-refractivity contribution in [1.29, 1.82) is 0 Å². The van der Waals surface area contributed by atoms with Crippen molar-refractivity contribution in [3.8, 4) is 0 Å². The average molecular weight is 341 g/mol. The van der Waals surface area contributed by atoms with E-state index in [1.54, 1.807) is 0 Å². The summed E-state index contributed by atoms with van der Waals surface area (Å²) in [5, 5.41) is 6.51. The monoisotopic (exact) mass is 341 g/mol. The number of aromatic nitrogens is 2. The highest BCUT2D eigenvalue weighted by Crippen LogP contribution is 2.32. The zero-order chi connectivity index (χ0) is 17.2. The van der Waals surface area contributed by atoms with Gasteiger partial charge in [-0.05, 0) is 17.4 Å². The fourth-order valence-corrected chi connectivity index (χ4v) is 3.85. The molecule has 2 aliphatic heterocycles. The lowest BCUT2D eigenvalue weighted by atomic mass is 10.0. The molecule has 7 nitrogen and oxygen atoms in total. The van der Waals surface area contributed by atoms with Crippen LogP contribution in [0, 0.1) is 11.8 Å². The Morgan fingerprint density at radius 3 is 2.56 bits per heavy atom. The van der Waals surface area contributed by atoms with Crippen LogP contribution in [-0.4, -0.2) is 52.2 Å². The zero-order valence-electron chi connectivity index (χ0n) is 14.4. The van der Waals surface area contributed by atoms with E-state index in [0.29, 0.717) is 24.1 Å². The summed E-state index contributed by atoms with van der Waals surface area (Å²) in [6, 6.07) is 10.6.